The quantitative estimate of drug-likeness (QED) is 0.414. The van der Waals surface area contributed by atoms with Gasteiger partial charge in [0.1, 0.15) is 11.6 Å². The molecule has 3 aromatic heterocycles. The number of amides is 2. The van der Waals surface area contributed by atoms with Crippen LogP contribution in [0.5, 0.6) is 0 Å². The fraction of sp³-hybridized carbons (Fsp3) is 0.261. The van der Waals surface area contributed by atoms with E-state index in [4.69, 9.17) is 0 Å². The molecule has 0 fully saturated rings. The van der Waals surface area contributed by atoms with Crippen molar-refractivity contribution in [1.29, 1.82) is 0 Å². The van der Waals surface area contributed by atoms with Crippen LogP contribution in [-0.4, -0.2) is 39.4 Å². The number of benzene rings is 1. The Morgan fingerprint density at radius 2 is 1.97 bits per heavy atom. The minimum Gasteiger partial charge on any atom is -0.342 e. The van der Waals surface area contributed by atoms with Crippen molar-refractivity contribution >= 4 is 51.1 Å². The molecule has 8 heteroatoms. The molecular formula is C23H24N4O2S2. The van der Waals surface area contributed by atoms with E-state index in [1.807, 2.05) is 76.7 Å². The van der Waals surface area contributed by atoms with Crippen LogP contribution in [0.1, 0.15) is 19.5 Å². The molecule has 2 amide bonds. The van der Waals surface area contributed by atoms with Gasteiger partial charge in [-0.15, -0.1) is 22.7 Å². The number of hydrogen-bond acceptors (Lipinski definition) is 5. The predicted octanol–water partition coefficient (Wildman–Crippen LogP) is 4.88. The van der Waals surface area contributed by atoms with Gasteiger partial charge < -0.3 is 14.8 Å². The van der Waals surface area contributed by atoms with E-state index >= 15 is 0 Å². The molecule has 0 aliphatic heterocycles. The lowest BCUT2D eigenvalue weighted by molar-refractivity contribution is -0.131. The molecule has 4 rings (SSSR count). The fourth-order valence-corrected chi connectivity index (χ4v) is 5.14. The molecule has 1 N–H and O–H groups in total. The van der Waals surface area contributed by atoms with Gasteiger partial charge in [-0.05, 0) is 49.6 Å². The monoisotopic (exact) mass is 452 g/mol. The number of thiazole rings is 1. The van der Waals surface area contributed by atoms with Crippen molar-refractivity contribution in [3.05, 3.63) is 59.0 Å². The summed E-state index contributed by atoms with van der Waals surface area (Å²) in [6, 6.07) is 11.7. The maximum absolute atomic E-state index is 12.5. The zero-order chi connectivity index (χ0) is 21.8. The number of nitrogens with one attached hydrogen (secondary N) is 1. The Hall–Kier alpha value is -2.97. The van der Waals surface area contributed by atoms with Crippen molar-refractivity contribution in [3.63, 3.8) is 0 Å². The molecule has 0 aliphatic rings. The van der Waals surface area contributed by atoms with E-state index in [0.717, 1.165) is 32.2 Å². The number of likely N-dealkylation sites (N-methyl/N-ethyl adjacent to an activating group) is 1. The molecule has 0 bridgehead atoms. The molecule has 0 saturated heterocycles. The molecule has 4 aromatic rings. The summed E-state index contributed by atoms with van der Waals surface area (Å²) in [5.74, 6) is 0.00332. The van der Waals surface area contributed by atoms with Crippen molar-refractivity contribution < 1.29 is 9.59 Å². The summed E-state index contributed by atoms with van der Waals surface area (Å²) in [5.41, 5.74) is 2.48. The van der Waals surface area contributed by atoms with Crippen LogP contribution < -0.4 is 5.32 Å². The van der Waals surface area contributed by atoms with Gasteiger partial charge in [-0.2, -0.15) is 0 Å². The number of fused-ring (bicyclic) bond motifs is 1. The number of aromatic nitrogens is 2. The maximum Gasteiger partial charge on any atom is 0.242 e. The highest BCUT2D eigenvalue weighted by Crippen LogP contribution is 2.28. The van der Waals surface area contributed by atoms with Gasteiger partial charge in [-0.3, -0.25) is 9.59 Å². The molecule has 3 heterocycles. The van der Waals surface area contributed by atoms with Crippen LogP contribution in [0.2, 0.25) is 0 Å². The van der Waals surface area contributed by atoms with E-state index in [9.17, 15) is 9.59 Å². The first-order valence-electron chi connectivity index (χ1n) is 10.2. The first-order valence-corrected chi connectivity index (χ1v) is 12.0. The molecule has 0 radical (unpaired) electrons. The lowest BCUT2D eigenvalue weighted by Crippen LogP contribution is -2.33. The van der Waals surface area contributed by atoms with E-state index in [0.29, 0.717) is 19.6 Å². The Bertz CT molecular complexity index is 1190. The Morgan fingerprint density at radius 3 is 2.71 bits per heavy atom. The summed E-state index contributed by atoms with van der Waals surface area (Å²) >= 11 is 3.20. The average molecular weight is 453 g/mol. The molecule has 160 valence electrons. The van der Waals surface area contributed by atoms with E-state index in [2.05, 4.69) is 10.3 Å². The van der Waals surface area contributed by atoms with Crippen LogP contribution >= 0.6 is 22.7 Å². The van der Waals surface area contributed by atoms with Crippen LogP contribution in [0.3, 0.4) is 0 Å². The van der Waals surface area contributed by atoms with Gasteiger partial charge in [0.15, 0.2) is 0 Å². The largest absolute Gasteiger partial charge is 0.342 e. The summed E-state index contributed by atoms with van der Waals surface area (Å²) in [6.07, 6.45) is 2.15. The Morgan fingerprint density at radius 1 is 1.13 bits per heavy atom. The molecule has 0 atom stereocenters. The van der Waals surface area contributed by atoms with Crippen molar-refractivity contribution in [2.75, 3.05) is 18.4 Å². The maximum atomic E-state index is 12.5. The minimum atomic E-state index is -0.0986. The number of nitrogens with zero attached hydrogens (tertiary/aromatic N) is 3. The van der Waals surface area contributed by atoms with Crippen LogP contribution in [0.25, 0.3) is 20.8 Å². The van der Waals surface area contributed by atoms with Gasteiger partial charge in [0.2, 0.25) is 11.8 Å². The second-order valence-corrected chi connectivity index (χ2v) is 8.94. The van der Waals surface area contributed by atoms with E-state index < -0.39 is 0 Å². The highest BCUT2D eigenvalue weighted by atomic mass is 32.1. The van der Waals surface area contributed by atoms with Crippen molar-refractivity contribution in [2.45, 2.75) is 26.8 Å². The molecule has 31 heavy (non-hydrogen) atoms. The first-order chi connectivity index (χ1) is 15.1. The summed E-state index contributed by atoms with van der Waals surface area (Å²) in [7, 11) is 0. The summed E-state index contributed by atoms with van der Waals surface area (Å²) in [5, 5.41) is 8.84. The standard InChI is InChI=1S/C23H24N4O2S2/c1-3-26(4-2)22(29)14-27-10-9-16-12-17(7-8-19(16)27)24-21(28)13-18-15-31-23(25-18)20-6-5-11-30-20/h5-12,15H,3-4,13-14H2,1-2H3,(H,24,28). The highest BCUT2D eigenvalue weighted by molar-refractivity contribution is 7.20. The van der Waals surface area contributed by atoms with Gasteiger partial charge in [-0.1, -0.05) is 6.07 Å². The third-order valence-electron chi connectivity index (χ3n) is 5.10. The molecule has 0 unspecified atom stereocenters. The zero-order valence-corrected chi connectivity index (χ0v) is 19.1. The van der Waals surface area contributed by atoms with E-state index in [1.54, 1.807) is 22.7 Å². The zero-order valence-electron chi connectivity index (χ0n) is 17.5. The molecule has 1 aromatic carbocycles. The Labute approximate surface area is 189 Å². The van der Waals surface area contributed by atoms with Crippen LogP contribution in [0.4, 0.5) is 5.69 Å². The average Bonchev–Trinajstić information content (AvgIpc) is 3.50. The van der Waals surface area contributed by atoms with E-state index in [-0.39, 0.29) is 18.2 Å². The third kappa shape index (κ3) is 4.86. The Kier molecular flexibility index (Phi) is 6.48. The third-order valence-corrected chi connectivity index (χ3v) is 7.03. The molecule has 0 aliphatic carbocycles. The summed E-state index contributed by atoms with van der Waals surface area (Å²) in [4.78, 5) is 32.4. The van der Waals surface area contributed by atoms with Gasteiger partial charge >= 0.3 is 0 Å². The van der Waals surface area contributed by atoms with Gasteiger partial charge in [0.05, 0.1) is 17.0 Å². The minimum absolute atomic E-state index is 0.0986. The van der Waals surface area contributed by atoms with Crippen LogP contribution in [0.15, 0.2) is 53.4 Å². The number of anilines is 1. The van der Waals surface area contributed by atoms with Crippen LogP contribution in [0, 0.1) is 0 Å². The second-order valence-electron chi connectivity index (χ2n) is 7.13. The number of rotatable bonds is 8. The van der Waals surface area contributed by atoms with Crippen LogP contribution in [-0.2, 0) is 22.6 Å². The van der Waals surface area contributed by atoms with Crippen molar-refractivity contribution in [3.8, 4) is 9.88 Å². The SMILES string of the molecule is CCN(CC)C(=O)Cn1ccc2cc(NC(=O)Cc3csc(-c4cccs4)n3)ccc21. The number of carbonyl (C=O) groups is 2. The molecular weight excluding hydrogens is 428 g/mol. The number of carbonyl (C=O) groups excluding carboxylic acids is 2. The fourth-order valence-electron chi connectivity index (χ4n) is 3.51. The number of hydrogen-bond donors (Lipinski definition) is 1. The molecule has 6 nitrogen and oxygen atoms in total. The summed E-state index contributed by atoms with van der Waals surface area (Å²) in [6.45, 7) is 5.70. The normalized spacial score (nSPS) is 11.0. The van der Waals surface area contributed by atoms with Gasteiger partial charge in [0.25, 0.3) is 0 Å². The second kappa shape index (κ2) is 9.45. The number of thiophene rings is 1. The smallest absolute Gasteiger partial charge is 0.242 e. The van der Waals surface area contributed by atoms with Crippen molar-refractivity contribution in [2.24, 2.45) is 0 Å². The summed E-state index contributed by atoms with van der Waals surface area (Å²) < 4.78 is 1.95. The molecule has 0 spiro atoms. The lowest BCUT2D eigenvalue weighted by Gasteiger charge is -2.19. The van der Waals surface area contributed by atoms with Crippen molar-refractivity contribution in [1.82, 2.24) is 14.5 Å². The van der Waals surface area contributed by atoms with Gasteiger partial charge in [0, 0.05) is 41.3 Å². The van der Waals surface area contributed by atoms with Gasteiger partial charge in [-0.25, -0.2) is 4.98 Å². The topological polar surface area (TPSA) is 67.2 Å². The predicted molar refractivity (Wildman–Crippen MR) is 128 cm³/mol. The highest BCUT2D eigenvalue weighted by Gasteiger charge is 2.13. The lowest BCUT2D eigenvalue weighted by atomic mass is 10.2. The Balaban J connectivity index is 1.41. The molecule has 0 saturated carbocycles. The first kappa shape index (κ1) is 21.3. The van der Waals surface area contributed by atoms with E-state index in [1.165, 1.54) is 0 Å².